The highest BCUT2D eigenvalue weighted by atomic mass is 16.5. The third-order valence-corrected chi connectivity index (χ3v) is 2.04. The molecule has 1 N–H and O–H groups in total. The molecule has 1 aromatic carbocycles. The number of carbonyl (C=O) groups is 2. The summed E-state index contributed by atoms with van der Waals surface area (Å²) in [6.45, 7) is 5.26. The van der Waals surface area contributed by atoms with Crippen LogP contribution in [0.25, 0.3) is 0 Å². The second kappa shape index (κ2) is 5.65. The molecule has 4 nitrogen and oxygen atoms in total. The first-order chi connectivity index (χ1) is 8.04. The summed E-state index contributed by atoms with van der Waals surface area (Å²) < 4.78 is 4.86. The van der Waals surface area contributed by atoms with E-state index in [0.29, 0.717) is 5.56 Å². The van der Waals surface area contributed by atoms with Crippen molar-refractivity contribution < 1.29 is 19.4 Å². The molecule has 0 aliphatic carbocycles. The molecule has 1 rings (SSSR count). The number of rotatable bonds is 4. The van der Waals surface area contributed by atoms with E-state index in [2.05, 4.69) is 6.58 Å². The zero-order valence-electron chi connectivity index (χ0n) is 9.34. The SMILES string of the molecule is C=CC(C)=COC(=O)c1ccc(C(=O)O)cc1. The van der Waals surface area contributed by atoms with Gasteiger partial charge in [-0.05, 0) is 36.8 Å². The van der Waals surface area contributed by atoms with Gasteiger partial charge in [-0.1, -0.05) is 12.7 Å². The average molecular weight is 232 g/mol. The fourth-order valence-electron chi connectivity index (χ4n) is 1.01. The summed E-state index contributed by atoms with van der Waals surface area (Å²) in [4.78, 5) is 22.1. The van der Waals surface area contributed by atoms with Gasteiger partial charge in [-0.15, -0.1) is 0 Å². The highest BCUT2D eigenvalue weighted by Gasteiger charge is 2.07. The van der Waals surface area contributed by atoms with Gasteiger partial charge in [-0.25, -0.2) is 9.59 Å². The minimum absolute atomic E-state index is 0.124. The highest BCUT2D eigenvalue weighted by molar-refractivity contribution is 5.92. The lowest BCUT2D eigenvalue weighted by Gasteiger charge is -2.00. The minimum atomic E-state index is -1.03. The van der Waals surface area contributed by atoms with E-state index < -0.39 is 11.9 Å². The smallest absolute Gasteiger partial charge is 0.342 e. The van der Waals surface area contributed by atoms with Crippen molar-refractivity contribution in [3.05, 3.63) is 59.9 Å². The predicted octanol–water partition coefficient (Wildman–Crippen LogP) is 2.63. The Labute approximate surface area is 98.8 Å². The number of hydrogen-bond donors (Lipinski definition) is 1. The molecule has 1 aromatic rings. The molecular formula is C13H12O4. The Morgan fingerprint density at radius 3 is 2.24 bits per heavy atom. The van der Waals surface area contributed by atoms with Gasteiger partial charge in [0.15, 0.2) is 0 Å². The molecule has 0 amide bonds. The van der Waals surface area contributed by atoms with Crippen LogP contribution in [0.2, 0.25) is 0 Å². The van der Waals surface area contributed by atoms with Crippen molar-refractivity contribution in [2.45, 2.75) is 6.92 Å². The van der Waals surface area contributed by atoms with Crippen LogP contribution in [0.1, 0.15) is 27.6 Å². The molecule has 0 aromatic heterocycles. The molecule has 0 bridgehead atoms. The lowest BCUT2D eigenvalue weighted by molar-refractivity contribution is 0.0655. The van der Waals surface area contributed by atoms with Crippen LogP contribution in [-0.2, 0) is 4.74 Å². The van der Waals surface area contributed by atoms with Crippen molar-refractivity contribution in [3.63, 3.8) is 0 Å². The van der Waals surface area contributed by atoms with Crippen LogP contribution in [-0.4, -0.2) is 17.0 Å². The summed E-state index contributed by atoms with van der Waals surface area (Å²) in [5.41, 5.74) is 1.14. The van der Waals surface area contributed by atoms with E-state index in [1.54, 1.807) is 13.0 Å². The summed E-state index contributed by atoms with van der Waals surface area (Å²) in [5, 5.41) is 8.69. The fourth-order valence-corrected chi connectivity index (χ4v) is 1.01. The van der Waals surface area contributed by atoms with Crippen molar-refractivity contribution in [1.82, 2.24) is 0 Å². The van der Waals surface area contributed by atoms with Crippen molar-refractivity contribution in [3.8, 4) is 0 Å². The molecule has 0 heterocycles. The van der Waals surface area contributed by atoms with Crippen LogP contribution < -0.4 is 0 Å². The standard InChI is InChI=1S/C13H12O4/c1-3-9(2)8-17-13(16)11-6-4-10(5-7-11)12(14)15/h3-8H,1H2,2H3,(H,14,15). The van der Waals surface area contributed by atoms with Gasteiger partial charge in [0.05, 0.1) is 17.4 Å². The number of carbonyl (C=O) groups excluding carboxylic acids is 1. The van der Waals surface area contributed by atoms with Crippen molar-refractivity contribution >= 4 is 11.9 Å². The Balaban J connectivity index is 2.77. The Kier molecular flexibility index (Phi) is 4.22. The number of carboxylic acid groups (broad SMARTS) is 1. The van der Waals surface area contributed by atoms with Crippen LogP contribution in [0.15, 0.2) is 48.8 Å². The maximum atomic E-state index is 11.5. The first kappa shape index (κ1) is 12.7. The molecule has 0 radical (unpaired) electrons. The van der Waals surface area contributed by atoms with Gasteiger partial charge in [0, 0.05) is 0 Å². The highest BCUT2D eigenvalue weighted by Crippen LogP contribution is 2.07. The second-order valence-corrected chi connectivity index (χ2v) is 3.35. The van der Waals surface area contributed by atoms with Gasteiger partial charge in [-0.3, -0.25) is 0 Å². The Morgan fingerprint density at radius 1 is 1.24 bits per heavy atom. The van der Waals surface area contributed by atoms with Crippen LogP contribution in [0.5, 0.6) is 0 Å². The topological polar surface area (TPSA) is 63.6 Å². The zero-order chi connectivity index (χ0) is 12.8. The van der Waals surface area contributed by atoms with E-state index >= 15 is 0 Å². The number of allylic oxidation sites excluding steroid dienone is 2. The zero-order valence-corrected chi connectivity index (χ0v) is 9.34. The van der Waals surface area contributed by atoms with Crippen molar-refractivity contribution in [1.29, 1.82) is 0 Å². The number of benzene rings is 1. The largest absolute Gasteiger partial charge is 0.478 e. The number of aromatic carboxylic acids is 1. The number of hydrogen-bond acceptors (Lipinski definition) is 3. The second-order valence-electron chi connectivity index (χ2n) is 3.35. The Bertz CT molecular complexity index is 469. The molecule has 0 aliphatic heterocycles. The Morgan fingerprint density at radius 2 is 1.76 bits per heavy atom. The van der Waals surface area contributed by atoms with Crippen LogP contribution in [0.3, 0.4) is 0 Å². The minimum Gasteiger partial charge on any atom is -0.478 e. The van der Waals surface area contributed by atoms with Gasteiger partial charge in [0.25, 0.3) is 0 Å². The van der Waals surface area contributed by atoms with Crippen molar-refractivity contribution in [2.24, 2.45) is 0 Å². The first-order valence-electron chi connectivity index (χ1n) is 4.88. The maximum absolute atomic E-state index is 11.5. The lowest BCUT2D eigenvalue weighted by atomic mass is 10.1. The summed E-state index contributed by atoms with van der Waals surface area (Å²) >= 11 is 0. The summed E-state index contributed by atoms with van der Waals surface area (Å²) in [6, 6.07) is 5.51. The lowest BCUT2D eigenvalue weighted by Crippen LogP contribution is -2.02. The van der Waals surface area contributed by atoms with Crippen LogP contribution in [0.4, 0.5) is 0 Å². The average Bonchev–Trinajstić information content (AvgIpc) is 2.35. The number of ether oxygens (including phenoxy) is 1. The summed E-state index contributed by atoms with van der Waals surface area (Å²) in [6.07, 6.45) is 2.85. The van der Waals surface area contributed by atoms with E-state index in [1.807, 2.05) is 0 Å². The van der Waals surface area contributed by atoms with Crippen molar-refractivity contribution in [2.75, 3.05) is 0 Å². The van der Waals surface area contributed by atoms with E-state index in [4.69, 9.17) is 9.84 Å². The maximum Gasteiger partial charge on any atom is 0.342 e. The number of esters is 1. The molecule has 0 aliphatic rings. The quantitative estimate of drug-likeness (QED) is 0.492. The fraction of sp³-hybridized carbons (Fsp3) is 0.0769. The first-order valence-corrected chi connectivity index (χ1v) is 4.88. The molecule has 0 saturated heterocycles. The molecule has 0 atom stereocenters. The molecule has 0 fully saturated rings. The van der Waals surface area contributed by atoms with E-state index in [1.165, 1.54) is 30.5 Å². The third-order valence-electron chi connectivity index (χ3n) is 2.04. The van der Waals surface area contributed by atoms with Crippen LogP contribution in [0, 0.1) is 0 Å². The molecule has 0 unspecified atom stereocenters. The van der Waals surface area contributed by atoms with E-state index in [-0.39, 0.29) is 5.56 Å². The van der Waals surface area contributed by atoms with E-state index in [9.17, 15) is 9.59 Å². The summed E-state index contributed by atoms with van der Waals surface area (Å²) in [5.74, 6) is -1.57. The number of carboxylic acids is 1. The molecule has 17 heavy (non-hydrogen) atoms. The molecule has 4 heteroatoms. The monoisotopic (exact) mass is 232 g/mol. The molecule has 88 valence electrons. The van der Waals surface area contributed by atoms with Crippen LogP contribution >= 0.6 is 0 Å². The third kappa shape index (κ3) is 3.61. The Hall–Kier alpha value is -2.36. The van der Waals surface area contributed by atoms with Gasteiger partial charge >= 0.3 is 11.9 Å². The molecule has 0 saturated carbocycles. The normalized spacial score (nSPS) is 10.8. The predicted molar refractivity (Wildman–Crippen MR) is 62.8 cm³/mol. The molecular weight excluding hydrogens is 220 g/mol. The van der Waals surface area contributed by atoms with Gasteiger partial charge in [-0.2, -0.15) is 0 Å². The molecule has 0 spiro atoms. The van der Waals surface area contributed by atoms with E-state index in [0.717, 1.165) is 5.57 Å². The van der Waals surface area contributed by atoms with Gasteiger partial charge < -0.3 is 9.84 Å². The van der Waals surface area contributed by atoms with Gasteiger partial charge in [0.2, 0.25) is 0 Å². The van der Waals surface area contributed by atoms with Gasteiger partial charge in [0.1, 0.15) is 0 Å². The summed E-state index contributed by atoms with van der Waals surface area (Å²) in [7, 11) is 0.